The Balaban J connectivity index is 1.44. The standard InChI is InChI=1S/C20H23F2N3O3/c1-27-17-8-4-16(5-9-17)25-12-10-24(11-13-25)14-19(26)23-15-2-6-18(7-3-15)28-20(21)22/h2-9,20H,10-14H2,1H3,(H,23,26). The molecule has 1 N–H and O–H groups in total. The molecule has 3 rings (SSSR count). The van der Waals surface area contributed by atoms with Gasteiger partial charge in [0.1, 0.15) is 11.5 Å². The van der Waals surface area contributed by atoms with Crippen molar-refractivity contribution >= 4 is 17.3 Å². The summed E-state index contributed by atoms with van der Waals surface area (Å²) < 4.78 is 33.8. The first kappa shape index (κ1) is 19.9. The highest BCUT2D eigenvalue weighted by atomic mass is 19.3. The van der Waals surface area contributed by atoms with Crippen molar-refractivity contribution in [3.63, 3.8) is 0 Å². The van der Waals surface area contributed by atoms with E-state index in [-0.39, 0.29) is 18.2 Å². The maximum atomic E-state index is 12.2. The van der Waals surface area contributed by atoms with Crippen LogP contribution < -0.4 is 19.7 Å². The molecule has 0 aromatic heterocycles. The number of anilines is 2. The molecule has 0 unspecified atom stereocenters. The van der Waals surface area contributed by atoms with Crippen LogP contribution in [-0.2, 0) is 4.79 Å². The first-order valence-corrected chi connectivity index (χ1v) is 8.99. The fraction of sp³-hybridized carbons (Fsp3) is 0.350. The summed E-state index contributed by atoms with van der Waals surface area (Å²) in [6.45, 7) is 0.642. The summed E-state index contributed by atoms with van der Waals surface area (Å²) in [5.41, 5.74) is 1.68. The van der Waals surface area contributed by atoms with Gasteiger partial charge in [0, 0.05) is 37.6 Å². The minimum atomic E-state index is -2.86. The fourth-order valence-corrected chi connectivity index (χ4v) is 3.08. The van der Waals surface area contributed by atoms with Crippen molar-refractivity contribution in [1.29, 1.82) is 0 Å². The normalized spacial score (nSPS) is 14.8. The molecule has 1 fully saturated rings. The summed E-state index contributed by atoms with van der Waals surface area (Å²) in [6.07, 6.45) is 0. The van der Waals surface area contributed by atoms with E-state index in [9.17, 15) is 13.6 Å². The minimum absolute atomic E-state index is 0.0580. The topological polar surface area (TPSA) is 54.0 Å². The van der Waals surface area contributed by atoms with E-state index in [1.54, 1.807) is 7.11 Å². The molecule has 6 nitrogen and oxygen atoms in total. The molecule has 1 saturated heterocycles. The van der Waals surface area contributed by atoms with Crippen molar-refractivity contribution in [3.8, 4) is 11.5 Å². The zero-order chi connectivity index (χ0) is 19.9. The summed E-state index contributed by atoms with van der Waals surface area (Å²) in [5.74, 6) is 0.746. The molecule has 0 aliphatic carbocycles. The van der Waals surface area contributed by atoms with Crippen LogP contribution in [0.25, 0.3) is 0 Å². The predicted octanol–water partition coefficient (Wildman–Crippen LogP) is 3.06. The van der Waals surface area contributed by atoms with E-state index < -0.39 is 6.61 Å². The van der Waals surface area contributed by atoms with E-state index in [1.807, 2.05) is 24.3 Å². The number of carbonyl (C=O) groups excluding carboxylic acids is 1. The number of benzene rings is 2. The summed E-state index contributed by atoms with van der Waals surface area (Å²) in [4.78, 5) is 16.6. The smallest absolute Gasteiger partial charge is 0.387 e. The van der Waals surface area contributed by atoms with Crippen LogP contribution in [0.2, 0.25) is 0 Å². The summed E-state index contributed by atoms with van der Waals surface area (Å²) in [7, 11) is 1.64. The number of hydrogen-bond donors (Lipinski definition) is 1. The number of carbonyl (C=O) groups is 1. The van der Waals surface area contributed by atoms with Crippen LogP contribution >= 0.6 is 0 Å². The second-order valence-electron chi connectivity index (χ2n) is 6.41. The Labute approximate surface area is 162 Å². The quantitative estimate of drug-likeness (QED) is 0.786. The maximum Gasteiger partial charge on any atom is 0.387 e. The molecule has 1 heterocycles. The molecule has 0 bridgehead atoms. The number of hydrogen-bond acceptors (Lipinski definition) is 5. The van der Waals surface area contributed by atoms with Crippen LogP contribution in [0.15, 0.2) is 48.5 Å². The third-order valence-corrected chi connectivity index (χ3v) is 4.54. The molecule has 28 heavy (non-hydrogen) atoms. The van der Waals surface area contributed by atoms with E-state index in [2.05, 4.69) is 19.9 Å². The van der Waals surface area contributed by atoms with Gasteiger partial charge in [-0.15, -0.1) is 0 Å². The van der Waals surface area contributed by atoms with Gasteiger partial charge < -0.3 is 19.7 Å². The number of nitrogens with zero attached hydrogens (tertiary/aromatic N) is 2. The van der Waals surface area contributed by atoms with Crippen molar-refractivity contribution in [2.75, 3.05) is 50.1 Å². The molecule has 2 aromatic carbocycles. The third kappa shape index (κ3) is 5.56. The summed E-state index contributed by atoms with van der Waals surface area (Å²) in [5, 5.41) is 2.77. The van der Waals surface area contributed by atoms with Crippen LogP contribution in [0.4, 0.5) is 20.2 Å². The molecule has 8 heteroatoms. The Hall–Kier alpha value is -2.87. The highest BCUT2D eigenvalue weighted by molar-refractivity contribution is 5.92. The van der Waals surface area contributed by atoms with E-state index >= 15 is 0 Å². The molecule has 0 spiro atoms. The van der Waals surface area contributed by atoms with Gasteiger partial charge in [-0.3, -0.25) is 9.69 Å². The van der Waals surface area contributed by atoms with Crippen LogP contribution in [0, 0.1) is 0 Å². The number of ether oxygens (including phenoxy) is 2. The van der Waals surface area contributed by atoms with Crippen LogP contribution in [-0.4, -0.2) is 57.3 Å². The molecular weight excluding hydrogens is 368 g/mol. The molecule has 1 aliphatic rings. The molecule has 0 atom stereocenters. The number of nitrogens with one attached hydrogen (secondary N) is 1. The van der Waals surface area contributed by atoms with Gasteiger partial charge in [-0.2, -0.15) is 8.78 Å². The average Bonchev–Trinajstić information content (AvgIpc) is 2.70. The first-order chi connectivity index (χ1) is 13.5. The summed E-state index contributed by atoms with van der Waals surface area (Å²) >= 11 is 0. The zero-order valence-electron chi connectivity index (χ0n) is 15.6. The first-order valence-electron chi connectivity index (χ1n) is 8.99. The lowest BCUT2D eigenvalue weighted by molar-refractivity contribution is -0.117. The minimum Gasteiger partial charge on any atom is -0.497 e. The number of rotatable bonds is 7. The van der Waals surface area contributed by atoms with Gasteiger partial charge in [-0.05, 0) is 48.5 Å². The number of piperazine rings is 1. The lowest BCUT2D eigenvalue weighted by atomic mass is 10.2. The van der Waals surface area contributed by atoms with Gasteiger partial charge >= 0.3 is 6.61 Å². The van der Waals surface area contributed by atoms with Gasteiger partial charge in [0.15, 0.2) is 0 Å². The molecule has 0 radical (unpaired) electrons. The van der Waals surface area contributed by atoms with Gasteiger partial charge in [-0.25, -0.2) is 0 Å². The van der Waals surface area contributed by atoms with E-state index in [0.29, 0.717) is 5.69 Å². The molecule has 2 aromatic rings. The molecular formula is C20H23F2N3O3. The average molecular weight is 391 g/mol. The SMILES string of the molecule is COc1ccc(N2CCN(CC(=O)Nc3ccc(OC(F)F)cc3)CC2)cc1. The Bertz CT molecular complexity index is 761. The monoisotopic (exact) mass is 391 g/mol. The number of alkyl halides is 2. The number of methoxy groups -OCH3 is 1. The summed E-state index contributed by atoms with van der Waals surface area (Å²) in [6, 6.07) is 13.8. The van der Waals surface area contributed by atoms with Gasteiger partial charge in [0.25, 0.3) is 0 Å². The van der Waals surface area contributed by atoms with Crippen molar-refractivity contribution in [2.45, 2.75) is 6.61 Å². The highest BCUT2D eigenvalue weighted by Crippen LogP contribution is 2.21. The van der Waals surface area contributed by atoms with E-state index in [4.69, 9.17) is 4.74 Å². The second kappa shape index (κ2) is 9.36. The lowest BCUT2D eigenvalue weighted by Crippen LogP contribution is -2.48. The third-order valence-electron chi connectivity index (χ3n) is 4.54. The van der Waals surface area contributed by atoms with Crippen molar-refractivity contribution in [1.82, 2.24) is 4.90 Å². The highest BCUT2D eigenvalue weighted by Gasteiger charge is 2.19. The number of halogens is 2. The largest absolute Gasteiger partial charge is 0.497 e. The van der Waals surface area contributed by atoms with Gasteiger partial charge in [-0.1, -0.05) is 0 Å². The van der Waals surface area contributed by atoms with E-state index in [1.165, 1.54) is 24.3 Å². The van der Waals surface area contributed by atoms with Crippen molar-refractivity contribution < 1.29 is 23.0 Å². The van der Waals surface area contributed by atoms with Gasteiger partial charge in [0.2, 0.25) is 5.91 Å². The Morgan fingerprint density at radius 1 is 1.00 bits per heavy atom. The predicted molar refractivity (Wildman–Crippen MR) is 103 cm³/mol. The van der Waals surface area contributed by atoms with Crippen LogP contribution in [0.1, 0.15) is 0 Å². The lowest BCUT2D eigenvalue weighted by Gasteiger charge is -2.35. The van der Waals surface area contributed by atoms with E-state index in [0.717, 1.165) is 37.6 Å². The number of amides is 1. The Kier molecular flexibility index (Phi) is 6.65. The van der Waals surface area contributed by atoms with Crippen LogP contribution in [0.3, 0.4) is 0 Å². The molecule has 1 aliphatic heterocycles. The van der Waals surface area contributed by atoms with Gasteiger partial charge in [0.05, 0.1) is 13.7 Å². The maximum absolute atomic E-state index is 12.2. The van der Waals surface area contributed by atoms with Crippen molar-refractivity contribution in [3.05, 3.63) is 48.5 Å². The molecule has 150 valence electrons. The Morgan fingerprint density at radius 2 is 1.61 bits per heavy atom. The zero-order valence-corrected chi connectivity index (χ0v) is 15.6. The van der Waals surface area contributed by atoms with Crippen LogP contribution in [0.5, 0.6) is 11.5 Å². The second-order valence-corrected chi connectivity index (χ2v) is 6.41. The molecule has 1 amide bonds. The molecule has 0 saturated carbocycles. The van der Waals surface area contributed by atoms with Crippen molar-refractivity contribution in [2.24, 2.45) is 0 Å². The fourth-order valence-electron chi connectivity index (χ4n) is 3.08. The Morgan fingerprint density at radius 3 is 2.18 bits per heavy atom.